The quantitative estimate of drug-likeness (QED) is 0.881. The van der Waals surface area contributed by atoms with Crippen molar-refractivity contribution in [2.24, 2.45) is 0 Å². The fourth-order valence-corrected chi connectivity index (χ4v) is 3.53. The third kappa shape index (κ3) is 5.17. The van der Waals surface area contributed by atoms with E-state index in [0.717, 1.165) is 26.2 Å². The van der Waals surface area contributed by atoms with E-state index < -0.39 is 0 Å². The highest BCUT2D eigenvalue weighted by atomic mass is 16.5. The second-order valence-corrected chi connectivity index (χ2v) is 7.38. The highest BCUT2D eigenvalue weighted by molar-refractivity contribution is 5.15. The fourth-order valence-electron chi connectivity index (χ4n) is 3.53. The zero-order valence-electron chi connectivity index (χ0n) is 14.7. The third-order valence-electron chi connectivity index (χ3n) is 4.37. The SMILES string of the molecule is CC1(C)CN(Cc2ccccc2)CC(COCc2ccccc2)N1. The van der Waals surface area contributed by atoms with Gasteiger partial charge in [-0.25, -0.2) is 0 Å². The minimum absolute atomic E-state index is 0.105. The summed E-state index contributed by atoms with van der Waals surface area (Å²) < 4.78 is 5.96. The molecule has 0 aromatic heterocycles. The van der Waals surface area contributed by atoms with Gasteiger partial charge in [-0.05, 0) is 25.0 Å². The first-order valence-corrected chi connectivity index (χ1v) is 8.76. The van der Waals surface area contributed by atoms with Crippen LogP contribution in [0.15, 0.2) is 60.7 Å². The molecule has 1 aliphatic heterocycles. The van der Waals surface area contributed by atoms with Crippen molar-refractivity contribution in [3.8, 4) is 0 Å². The van der Waals surface area contributed by atoms with Crippen molar-refractivity contribution in [3.05, 3.63) is 71.8 Å². The van der Waals surface area contributed by atoms with Crippen molar-refractivity contribution >= 4 is 0 Å². The molecule has 0 aliphatic carbocycles. The monoisotopic (exact) mass is 324 g/mol. The number of hydrogen-bond donors (Lipinski definition) is 1. The van der Waals surface area contributed by atoms with Crippen molar-refractivity contribution in [1.29, 1.82) is 0 Å². The van der Waals surface area contributed by atoms with Crippen molar-refractivity contribution < 1.29 is 4.74 Å². The minimum atomic E-state index is 0.105. The third-order valence-corrected chi connectivity index (χ3v) is 4.37. The first kappa shape index (κ1) is 17.2. The van der Waals surface area contributed by atoms with Crippen LogP contribution >= 0.6 is 0 Å². The van der Waals surface area contributed by atoms with E-state index >= 15 is 0 Å². The predicted octanol–water partition coefficient (Wildman–Crippen LogP) is 3.46. The summed E-state index contributed by atoms with van der Waals surface area (Å²) >= 11 is 0. The maximum absolute atomic E-state index is 5.96. The van der Waals surface area contributed by atoms with Crippen LogP contribution in [0, 0.1) is 0 Å². The van der Waals surface area contributed by atoms with Crippen LogP contribution < -0.4 is 5.32 Å². The second-order valence-electron chi connectivity index (χ2n) is 7.38. The summed E-state index contributed by atoms with van der Waals surface area (Å²) in [5.74, 6) is 0. The molecule has 0 amide bonds. The molecule has 0 saturated carbocycles. The molecule has 2 aromatic carbocycles. The number of rotatable bonds is 6. The molecular formula is C21H28N2O. The largest absolute Gasteiger partial charge is 0.375 e. The smallest absolute Gasteiger partial charge is 0.0717 e. The lowest BCUT2D eigenvalue weighted by molar-refractivity contribution is 0.0399. The minimum Gasteiger partial charge on any atom is -0.375 e. The Labute approximate surface area is 145 Å². The van der Waals surface area contributed by atoms with E-state index in [2.05, 4.69) is 78.7 Å². The van der Waals surface area contributed by atoms with Gasteiger partial charge >= 0.3 is 0 Å². The Morgan fingerprint density at radius 3 is 2.29 bits per heavy atom. The lowest BCUT2D eigenvalue weighted by atomic mass is 9.98. The Balaban J connectivity index is 1.53. The van der Waals surface area contributed by atoms with Gasteiger partial charge < -0.3 is 10.1 Å². The average molecular weight is 324 g/mol. The Morgan fingerprint density at radius 2 is 1.62 bits per heavy atom. The Bertz CT molecular complexity index is 612. The molecule has 1 aliphatic rings. The molecule has 1 fully saturated rings. The maximum Gasteiger partial charge on any atom is 0.0717 e. The molecule has 0 spiro atoms. The molecule has 3 nitrogen and oxygen atoms in total. The molecule has 2 aromatic rings. The number of nitrogens with one attached hydrogen (secondary N) is 1. The summed E-state index contributed by atoms with van der Waals surface area (Å²) in [7, 11) is 0. The van der Waals surface area contributed by atoms with Crippen LogP contribution in [0.4, 0.5) is 0 Å². The van der Waals surface area contributed by atoms with Gasteiger partial charge in [0.1, 0.15) is 0 Å². The molecular weight excluding hydrogens is 296 g/mol. The molecule has 1 N–H and O–H groups in total. The highest BCUT2D eigenvalue weighted by Crippen LogP contribution is 2.17. The first-order valence-electron chi connectivity index (χ1n) is 8.76. The zero-order valence-corrected chi connectivity index (χ0v) is 14.7. The normalized spacial score (nSPS) is 20.8. The second kappa shape index (κ2) is 7.93. The van der Waals surface area contributed by atoms with Crippen molar-refractivity contribution in [2.75, 3.05) is 19.7 Å². The predicted molar refractivity (Wildman–Crippen MR) is 98.8 cm³/mol. The fraction of sp³-hybridized carbons (Fsp3) is 0.429. The number of nitrogens with zero attached hydrogens (tertiary/aromatic N) is 1. The number of benzene rings is 2. The van der Waals surface area contributed by atoms with Gasteiger partial charge in [-0.2, -0.15) is 0 Å². The number of piperazine rings is 1. The molecule has 1 saturated heterocycles. The average Bonchev–Trinajstić information content (AvgIpc) is 2.55. The van der Waals surface area contributed by atoms with Crippen molar-refractivity contribution in [3.63, 3.8) is 0 Å². The summed E-state index contributed by atoms with van der Waals surface area (Å²) in [6.45, 7) is 9.04. The molecule has 1 unspecified atom stereocenters. The molecule has 1 heterocycles. The van der Waals surface area contributed by atoms with Gasteiger partial charge in [-0.15, -0.1) is 0 Å². The summed E-state index contributed by atoms with van der Waals surface area (Å²) in [5.41, 5.74) is 2.71. The van der Waals surface area contributed by atoms with E-state index in [1.165, 1.54) is 11.1 Å². The van der Waals surface area contributed by atoms with Crippen LogP contribution in [-0.4, -0.2) is 36.2 Å². The Kier molecular flexibility index (Phi) is 5.67. The molecule has 24 heavy (non-hydrogen) atoms. The Morgan fingerprint density at radius 1 is 1.00 bits per heavy atom. The molecule has 3 heteroatoms. The molecule has 0 bridgehead atoms. The first-order chi connectivity index (χ1) is 11.6. The van der Waals surface area contributed by atoms with Crippen LogP contribution in [0.1, 0.15) is 25.0 Å². The summed E-state index contributed by atoms with van der Waals surface area (Å²) in [6.07, 6.45) is 0. The van der Waals surface area contributed by atoms with Gasteiger partial charge in [0.2, 0.25) is 0 Å². The van der Waals surface area contributed by atoms with E-state index in [9.17, 15) is 0 Å². The lowest BCUT2D eigenvalue weighted by Gasteiger charge is -2.43. The van der Waals surface area contributed by atoms with Crippen LogP contribution in [-0.2, 0) is 17.9 Å². The zero-order chi connectivity index (χ0) is 16.8. The van der Waals surface area contributed by atoms with E-state index in [1.54, 1.807) is 0 Å². The van der Waals surface area contributed by atoms with Gasteiger partial charge in [-0.3, -0.25) is 4.90 Å². The van der Waals surface area contributed by atoms with Crippen LogP contribution in [0.2, 0.25) is 0 Å². The van der Waals surface area contributed by atoms with Crippen LogP contribution in [0.25, 0.3) is 0 Å². The van der Waals surface area contributed by atoms with E-state index in [-0.39, 0.29) is 5.54 Å². The summed E-state index contributed by atoms with van der Waals surface area (Å²) in [5, 5.41) is 3.73. The maximum atomic E-state index is 5.96. The standard InChI is InChI=1S/C21H28N2O/c1-21(2)17-23(13-18-9-5-3-6-10-18)14-20(22-21)16-24-15-19-11-7-4-8-12-19/h3-12,20,22H,13-17H2,1-2H3. The molecule has 128 valence electrons. The van der Waals surface area contributed by atoms with E-state index in [4.69, 9.17) is 4.74 Å². The number of ether oxygens (including phenoxy) is 1. The Hall–Kier alpha value is -1.68. The van der Waals surface area contributed by atoms with Gasteiger partial charge in [-0.1, -0.05) is 60.7 Å². The van der Waals surface area contributed by atoms with Gasteiger partial charge in [0.15, 0.2) is 0 Å². The van der Waals surface area contributed by atoms with Crippen molar-refractivity contribution in [1.82, 2.24) is 10.2 Å². The topological polar surface area (TPSA) is 24.5 Å². The lowest BCUT2D eigenvalue weighted by Crippen LogP contribution is -2.62. The van der Waals surface area contributed by atoms with Crippen LogP contribution in [0.5, 0.6) is 0 Å². The highest BCUT2D eigenvalue weighted by Gasteiger charge is 2.31. The van der Waals surface area contributed by atoms with Crippen molar-refractivity contribution in [2.45, 2.75) is 38.6 Å². The molecule has 0 radical (unpaired) electrons. The van der Waals surface area contributed by atoms with Gasteiger partial charge in [0.05, 0.1) is 13.2 Å². The summed E-state index contributed by atoms with van der Waals surface area (Å²) in [4.78, 5) is 2.53. The van der Waals surface area contributed by atoms with E-state index in [1.807, 2.05) is 6.07 Å². The number of hydrogen-bond acceptors (Lipinski definition) is 3. The van der Waals surface area contributed by atoms with Crippen LogP contribution in [0.3, 0.4) is 0 Å². The molecule has 3 rings (SSSR count). The molecule has 1 atom stereocenters. The van der Waals surface area contributed by atoms with Gasteiger partial charge in [0, 0.05) is 31.2 Å². The van der Waals surface area contributed by atoms with Gasteiger partial charge in [0.25, 0.3) is 0 Å². The van der Waals surface area contributed by atoms with E-state index in [0.29, 0.717) is 12.6 Å². The summed E-state index contributed by atoms with van der Waals surface area (Å²) in [6, 6.07) is 21.4.